The molecule has 3 heterocycles. The number of benzene rings is 1. The molecule has 29 heavy (non-hydrogen) atoms. The first-order valence-corrected chi connectivity index (χ1v) is 10.0. The molecule has 0 bridgehead atoms. The van der Waals surface area contributed by atoms with Crippen LogP contribution in [0.5, 0.6) is 0 Å². The highest BCUT2D eigenvalue weighted by atomic mass is 16.2. The molecule has 3 N–H and O–H groups in total. The fourth-order valence-corrected chi connectivity index (χ4v) is 3.69. The first-order chi connectivity index (χ1) is 13.9. The van der Waals surface area contributed by atoms with Gasteiger partial charge in [-0.1, -0.05) is 13.0 Å². The number of carbonyl (C=O) groups is 2. The third-order valence-corrected chi connectivity index (χ3v) is 5.51. The molecular weight excluding hydrogens is 368 g/mol. The number of amides is 2. The lowest BCUT2D eigenvalue weighted by atomic mass is 10.0. The van der Waals surface area contributed by atoms with Crippen molar-refractivity contribution in [2.75, 3.05) is 6.54 Å². The van der Waals surface area contributed by atoms with Crippen LogP contribution < -0.4 is 5.32 Å². The molecule has 1 aromatic carbocycles. The molecule has 2 amide bonds. The average molecular weight is 394 g/mol. The highest BCUT2D eigenvalue weighted by molar-refractivity contribution is 5.94. The van der Waals surface area contributed by atoms with Gasteiger partial charge >= 0.3 is 0 Å². The van der Waals surface area contributed by atoms with Crippen molar-refractivity contribution in [3.63, 3.8) is 0 Å². The Bertz CT molecular complexity index is 1070. The van der Waals surface area contributed by atoms with Gasteiger partial charge < -0.3 is 15.2 Å². The predicted molar refractivity (Wildman–Crippen MR) is 109 cm³/mol. The summed E-state index contributed by atoms with van der Waals surface area (Å²) in [7, 11) is 0. The summed E-state index contributed by atoms with van der Waals surface area (Å²) in [5.74, 6) is 0.769. The minimum Gasteiger partial charge on any atom is -0.348 e. The van der Waals surface area contributed by atoms with E-state index in [1.54, 1.807) is 0 Å². The van der Waals surface area contributed by atoms with Gasteiger partial charge in [0.2, 0.25) is 5.91 Å². The number of fused-ring (bicyclic) bond motifs is 2. The summed E-state index contributed by atoms with van der Waals surface area (Å²) < 4.78 is 0. The van der Waals surface area contributed by atoms with E-state index in [9.17, 15) is 9.59 Å². The van der Waals surface area contributed by atoms with Crippen LogP contribution in [0.4, 0.5) is 0 Å². The number of aromatic nitrogens is 4. The summed E-state index contributed by atoms with van der Waals surface area (Å²) in [5.41, 5.74) is 5.02. The Morgan fingerprint density at radius 3 is 2.97 bits per heavy atom. The Morgan fingerprint density at radius 2 is 2.17 bits per heavy atom. The van der Waals surface area contributed by atoms with Crippen molar-refractivity contribution in [2.45, 2.75) is 52.6 Å². The van der Waals surface area contributed by atoms with Crippen LogP contribution in [0.3, 0.4) is 0 Å². The van der Waals surface area contributed by atoms with Crippen molar-refractivity contribution >= 4 is 22.8 Å². The molecule has 1 atom stereocenters. The molecule has 2 aromatic heterocycles. The van der Waals surface area contributed by atoms with Crippen LogP contribution in [0.2, 0.25) is 0 Å². The Kier molecular flexibility index (Phi) is 5.08. The van der Waals surface area contributed by atoms with Gasteiger partial charge in [-0.05, 0) is 44.4 Å². The number of hydrogen-bond acceptors (Lipinski definition) is 4. The molecule has 0 radical (unpaired) electrons. The summed E-state index contributed by atoms with van der Waals surface area (Å²) in [6.45, 7) is 6.95. The lowest BCUT2D eigenvalue weighted by Gasteiger charge is -2.27. The molecule has 0 saturated heterocycles. The van der Waals surface area contributed by atoms with Gasteiger partial charge in [0.05, 0.1) is 29.7 Å². The lowest BCUT2D eigenvalue weighted by Crippen LogP contribution is -2.38. The first-order valence-electron chi connectivity index (χ1n) is 10.0. The van der Waals surface area contributed by atoms with Gasteiger partial charge in [-0.2, -0.15) is 5.10 Å². The maximum absolute atomic E-state index is 12.8. The van der Waals surface area contributed by atoms with E-state index in [1.807, 2.05) is 43.9 Å². The van der Waals surface area contributed by atoms with E-state index in [0.29, 0.717) is 31.6 Å². The molecule has 0 saturated carbocycles. The largest absolute Gasteiger partial charge is 0.348 e. The van der Waals surface area contributed by atoms with E-state index in [-0.39, 0.29) is 17.9 Å². The standard InChI is InChI=1S/C21H26N6O2/c1-4-12(2)22-21(29)20-15-7-8-27(11-18(15)25-26-20)19(28)10-14-5-6-16-17(9-14)24-13(3)23-16/h5-6,9,12H,4,7-8,10-11H2,1-3H3,(H,22,29)(H,23,24)(H,25,26). The summed E-state index contributed by atoms with van der Waals surface area (Å²) in [6, 6.07) is 5.97. The first kappa shape index (κ1) is 19.2. The summed E-state index contributed by atoms with van der Waals surface area (Å²) >= 11 is 0. The molecule has 152 valence electrons. The third kappa shape index (κ3) is 3.87. The van der Waals surface area contributed by atoms with E-state index in [0.717, 1.165) is 40.1 Å². The molecule has 8 heteroatoms. The Balaban J connectivity index is 1.44. The second kappa shape index (κ2) is 7.69. The molecule has 1 unspecified atom stereocenters. The number of aromatic amines is 2. The zero-order valence-electron chi connectivity index (χ0n) is 17.0. The van der Waals surface area contributed by atoms with Crippen LogP contribution in [0.1, 0.15) is 53.4 Å². The zero-order valence-corrected chi connectivity index (χ0v) is 17.0. The van der Waals surface area contributed by atoms with Gasteiger partial charge in [0.25, 0.3) is 5.91 Å². The van der Waals surface area contributed by atoms with Gasteiger partial charge in [-0.15, -0.1) is 0 Å². The number of nitrogens with zero attached hydrogens (tertiary/aromatic N) is 3. The summed E-state index contributed by atoms with van der Waals surface area (Å²) in [5, 5.41) is 10.1. The van der Waals surface area contributed by atoms with Gasteiger partial charge in [0, 0.05) is 18.2 Å². The number of hydrogen-bond donors (Lipinski definition) is 3. The smallest absolute Gasteiger partial charge is 0.272 e. The molecular formula is C21H26N6O2. The van der Waals surface area contributed by atoms with Gasteiger partial charge in [-0.25, -0.2) is 4.98 Å². The van der Waals surface area contributed by atoms with Crippen LogP contribution >= 0.6 is 0 Å². The van der Waals surface area contributed by atoms with Crippen LogP contribution in [0.15, 0.2) is 18.2 Å². The number of aryl methyl sites for hydroxylation is 1. The minimum absolute atomic E-state index is 0.0615. The molecule has 1 aliphatic heterocycles. The number of H-pyrrole nitrogens is 2. The molecule has 0 aliphatic carbocycles. The Hall–Kier alpha value is -3.16. The minimum atomic E-state index is -0.153. The third-order valence-electron chi connectivity index (χ3n) is 5.51. The SMILES string of the molecule is CCC(C)NC(=O)c1n[nH]c2c1CCN(C(=O)Cc1ccc3nc(C)[nH]c3c1)C2. The maximum atomic E-state index is 12.8. The predicted octanol–water partition coefficient (Wildman–Crippen LogP) is 2.25. The van der Waals surface area contributed by atoms with Gasteiger partial charge in [0.15, 0.2) is 5.69 Å². The maximum Gasteiger partial charge on any atom is 0.272 e. The van der Waals surface area contributed by atoms with Crippen molar-refractivity contribution in [3.8, 4) is 0 Å². The summed E-state index contributed by atoms with van der Waals surface area (Å²) in [4.78, 5) is 34.7. The fourth-order valence-electron chi connectivity index (χ4n) is 3.69. The van der Waals surface area contributed by atoms with Gasteiger partial charge in [-0.3, -0.25) is 14.7 Å². The van der Waals surface area contributed by atoms with E-state index >= 15 is 0 Å². The van der Waals surface area contributed by atoms with Crippen LogP contribution in [0.25, 0.3) is 11.0 Å². The highest BCUT2D eigenvalue weighted by Crippen LogP contribution is 2.22. The quantitative estimate of drug-likeness (QED) is 0.617. The topological polar surface area (TPSA) is 107 Å². The van der Waals surface area contributed by atoms with Crippen molar-refractivity contribution in [2.24, 2.45) is 0 Å². The second-order valence-corrected chi connectivity index (χ2v) is 7.73. The van der Waals surface area contributed by atoms with Crippen LogP contribution in [0, 0.1) is 6.92 Å². The molecule has 0 spiro atoms. The van der Waals surface area contributed by atoms with E-state index < -0.39 is 0 Å². The van der Waals surface area contributed by atoms with E-state index in [1.165, 1.54) is 0 Å². The van der Waals surface area contributed by atoms with Crippen molar-refractivity contribution in [1.29, 1.82) is 0 Å². The number of carbonyl (C=O) groups excluding carboxylic acids is 2. The second-order valence-electron chi connectivity index (χ2n) is 7.73. The monoisotopic (exact) mass is 394 g/mol. The number of imidazole rings is 1. The molecule has 4 rings (SSSR count). The van der Waals surface area contributed by atoms with Crippen molar-refractivity contribution in [1.82, 2.24) is 30.4 Å². The van der Waals surface area contributed by atoms with E-state index in [2.05, 4.69) is 25.5 Å². The Morgan fingerprint density at radius 1 is 1.34 bits per heavy atom. The lowest BCUT2D eigenvalue weighted by molar-refractivity contribution is -0.131. The molecule has 8 nitrogen and oxygen atoms in total. The Labute approximate surface area is 169 Å². The van der Waals surface area contributed by atoms with Crippen LogP contribution in [-0.2, 0) is 24.2 Å². The molecule has 1 aliphatic rings. The van der Waals surface area contributed by atoms with Gasteiger partial charge in [0.1, 0.15) is 5.82 Å². The number of rotatable bonds is 5. The average Bonchev–Trinajstić information content (AvgIpc) is 3.29. The normalized spacial score (nSPS) is 14.7. The van der Waals surface area contributed by atoms with E-state index in [4.69, 9.17) is 0 Å². The molecule has 3 aromatic rings. The van der Waals surface area contributed by atoms with Crippen molar-refractivity contribution < 1.29 is 9.59 Å². The summed E-state index contributed by atoms with van der Waals surface area (Å²) in [6.07, 6.45) is 1.82. The number of nitrogens with one attached hydrogen (secondary N) is 3. The molecule has 0 fully saturated rings. The zero-order chi connectivity index (χ0) is 20.5. The van der Waals surface area contributed by atoms with Crippen molar-refractivity contribution in [3.05, 3.63) is 46.5 Å². The van der Waals surface area contributed by atoms with Crippen LogP contribution in [-0.4, -0.2) is 49.5 Å². The highest BCUT2D eigenvalue weighted by Gasteiger charge is 2.27. The fraction of sp³-hybridized carbons (Fsp3) is 0.429.